The van der Waals surface area contributed by atoms with Gasteiger partial charge in [0.2, 0.25) is 0 Å². The molecule has 2 bridgehead atoms. The third-order valence-corrected chi connectivity index (χ3v) is 4.97. The summed E-state index contributed by atoms with van der Waals surface area (Å²) in [4.78, 5) is 2.66. The van der Waals surface area contributed by atoms with Crippen LogP contribution in [-0.2, 0) is 0 Å². The van der Waals surface area contributed by atoms with Gasteiger partial charge in [0.15, 0.2) is 0 Å². The molecule has 15 heavy (non-hydrogen) atoms. The highest BCUT2D eigenvalue weighted by Gasteiger charge is 2.43. The lowest BCUT2D eigenvalue weighted by Crippen LogP contribution is -2.51. The van der Waals surface area contributed by atoms with Crippen molar-refractivity contribution < 1.29 is 5.11 Å². The monoisotopic (exact) mass is 209 g/mol. The summed E-state index contributed by atoms with van der Waals surface area (Å²) in [6.45, 7) is 2.58. The average Bonchev–Trinajstić information content (AvgIpc) is 2.70. The predicted molar refractivity (Wildman–Crippen MR) is 60.7 cm³/mol. The Labute approximate surface area is 92.7 Å². The summed E-state index contributed by atoms with van der Waals surface area (Å²) in [6.07, 6.45) is 9.33. The van der Waals surface area contributed by atoms with Gasteiger partial charge in [-0.15, -0.1) is 0 Å². The summed E-state index contributed by atoms with van der Waals surface area (Å²) in [6, 6.07) is 0.721. The van der Waals surface area contributed by atoms with Crippen LogP contribution in [0.25, 0.3) is 0 Å². The molecule has 0 aromatic heterocycles. The zero-order chi connectivity index (χ0) is 10.3. The molecule has 0 aromatic carbocycles. The van der Waals surface area contributed by atoms with Crippen LogP contribution in [0.15, 0.2) is 0 Å². The van der Waals surface area contributed by atoms with Crippen LogP contribution in [-0.4, -0.2) is 35.2 Å². The van der Waals surface area contributed by atoms with Crippen LogP contribution >= 0.6 is 0 Å². The van der Waals surface area contributed by atoms with Crippen LogP contribution in [0.1, 0.15) is 44.9 Å². The van der Waals surface area contributed by atoms with Gasteiger partial charge in [0.1, 0.15) is 0 Å². The first-order valence-corrected chi connectivity index (χ1v) is 6.78. The standard InChI is InChI=1S/C13H23NO/c15-13-10-4-3-5-11(13)12(7-6-10)14-8-1-2-9-14/h10-13,15H,1-9H2/t10-,11+,12-,13+/m0/s1. The number of aliphatic hydroxyl groups excluding tert-OH is 1. The number of nitrogens with zero attached hydrogens (tertiary/aromatic N) is 1. The van der Waals surface area contributed by atoms with Crippen LogP contribution in [0.5, 0.6) is 0 Å². The molecule has 1 saturated heterocycles. The second kappa shape index (κ2) is 4.06. The first-order valence-electron chi connectivity index (χ1n) is 6.78. The molecule has 0 spiro atoms. The first-order chi connectivity index (χ1) is 7.36. The highest BCUT2D eigenvalue weighted by atomic mass is 16.3. The van der Waals surface area contributed by atoms with E-state index >= 15 is 0 Å². The fourth-order valence-electron chi connectivity index (χ4n) is 4.17. The van der Waals surface area contributed by atoms with Gasteiger partial charge in [-0.25, -0.2) is 0 Å². The Bertz CT molecular complexity index is 225. The van der Waals surface area contributed by atoms with E-state index in [1.165, 1.54) is 58.0 Å². The molecule has 1 heterocycles. The second-order valence-corrected chi connectivity index (χ2v) is 5.73. The Morgan fingerprint density at radius 2 is 1.67 bits per heavy atom. The van der Waals surface area contributed by atoms with E-state index in [4.69, 9.17) is 0 Å². The van der Waals surface area contributed by atoms with Gasteiger partial charge < -0.3 is 10.0 Å². The molecule has 86 valence electrons. The highest BCUT2D eigenvalue weighted by Crippen LogP contribution is 2.42. The molecular weight excluding hydrogens is 186 g/mol. The van der Waals surface area contributed by atoms with E-state index < -0.39 is 0 Å². The summed E-state index contributed by atoms with van der Waals surface area (Å²) in [5.74, 6) is 1.25. The Morgan fingerprint density at radius 3 is 2.47 bits per heavy atom. The largest absolute Gasteiger partial charge is 0.392 e. The lowest BCUT2D eigenvalue weighted by molar-refractivity contribution is -0.0580. The average molecular weight is 209 g/mol. The number of likely N-dealkylation sites (tertiary alicyclic amines) is 1. The Morgan fingerprint density at radius 1 is 0.867 bits per heavy atom. The molecule has 1 aliphatic heterocycles. The number of hydrogen-bond acceptors (Lipinski definition) is 2. The molecular formula is C13H23NO. The van der Waals surface area contributed by atoms with Gasteiger partial charge in [-0.2, -0.15) is 0 Å². The molecule has 3 fully saturated rings. The molecule has 3 rings (SSSR count). The Hall–Kier alpha value is -0.0800. The Balaban J connectivity index is 1.73. The van der Waals surface area contributed by atoms with Gasteiger partial charge in [0.05, 0.1) is 6.10 Å². The lowest BCUT2D eigenvalue weighted by atomic mass is 9.67. The van der Waals surface area contributed by atoms with E-state index in [1.807, 2.05) is 0 Å². The third kappa shape index (κ3) is 1.72. The SMILES string of the molecule is O[C@@H]1[C@H]2CCC[C@@H]1[C@@H](N1CCCC1)CC2. The van der Waals surface area contributed by atoms with Gasteiger partial charge in [-0.05, 0) is 57.5 Å². The van der Waals surface area contributed by atoms with E-state index in [1.54, 1.807) is 0 Å². The minimum absolute atomic E-state index is 0.0260. The van der Waals surface area contributed by atoms with Crippen molar-refractivity contribution in [3.05, 3.63) is 0 Å². The summed E-state index contributed by atoms with van der Waals surface area (Å²) >= 11 is 0. The van der Waals surface area contributed by atoms with Crippen molar-refractivity contribution in [1.29, 1.82) is 0 Å². The van der Waals surface area contributed by atoms with Crippen LogP contribution in [0.3, 0.4) is 0 Å². The van der Waals surface area contributed by atoms with E-state index in [9.17, 15) is 5.11 Å². The van der Waals surface area contributed by atoms with Gasteiger partial charge in [-0.1, -0.05) is 6.42 Å². The second-order valence-electron chi connectivity index (χ2n) is 5.73. The van der Waals surface area contributed by atoms with E-state index in [0.717, 1.165) is 6.04 Å². The normalized spacial score (nSPS) is 47.0. The van der Waals surface area contributed by atoms with Crippen molar-refractivity contribution in [2.45, 2.75) is 57.1 Å². The maximum Gasteiger partial charge on any atom is 0.0611 e. The molecule has 0 amide bonds. The fraction of sp³-hybridized carbons (Fsp3) is 1.00. The number of fused-ring (bicyclic) bond motifs is 2. The van der Waals surface area contributed by atoms with Crippen LogP contribution in [0, 0.1) is 11.8 Å². The minimum Gasteiger partial charge on any atom is -0.392 e. The third-order valence-electron chi connectivity index (χ3n) is 4.97. The van der Waals surface area contributed by atoms with Crippen LogP contribution < -0.4 is 0 Å². The van der Waals surface area contributed by atoms with Crippen molar-refractivity contribution in [1.82, 2.24) is 4.90 Å². The molecule has 2 heteroatoms. The number of aliphatic hydroxyl groups is 1. The van der Waals surface area contributed by atoms with Gasteiger partial charge in [0, 0.05) is 12.0 Å². The Kier molecular flexibility index (Phi) is 2.73. The van der Waals surface area contributed by atoms with Crippen LogP contribution in [0.2, 0.25) is 0 Å². The zero-order valence-corrected chi connectivity index (χ0v) is 9.57. The molecule has 0 aromatic rings. The van der Waals surface area contributed by atoms with E-state index in [0.29, 0.717) is 11.8 Å². The smallest absolute Gasteiger partial charge is 0.0611 e. The minimum atomic E-state index is 0.0260. The van der Waals surface area contributed by atoms with E-state index in [-0.39, 0.29) is 6.10 Å². The van der Waals surface area contributed by atoms with Crippen molar-refractivity contribution in [3.63, 3.8) is 0 Å². The maximum atomic E-state index is 10.3. The molecule has 0 unspecified atom stereocenters. The quantitative estimate of drug-likeness (QED) is 0.714. The molecule has 2 aliphatic carbocycles. The number of hydrogen-bond donors (Lipinski definition) is 1. The molecule has 4 atom stereocenters. The van der Waals surface area contributed by atoms with E-state index in [2.05, 4.69) is 4.90 Å². The van der Waals surface area contributed by atoms with Gasteiger partial charge in [0.25, 0.3) is 0 Å². The molecule has 0 radical (unpaired) electrons. The molecule has 2 nitrogen and oxygen atoms in total. The predicted octanol–water partition coefficient (Wildman–Crippen LogP) is 2.02. The first kappa shape index (κ1) is 10.1. The zero-order valence-electron chi connectivity index (χ0n) is 9.57. The van der Waals surface area contributed by atoms with Crippen molar-refractivity contribution in [3.8, 4) is 0 Å². The van der Waals surface area contributed by atoms with Gasteiger partial charge in [-0.3, -0.25) is 0 Å². The molecule has 3 aliphatic rings. The topological polar surface area (TPSA) is 23.5 Å². The summed E-state index contributed by atoms with van der Waals surface area (Å²) in [7, 11) is 0. The summed E-state index contributed by atoms with van der Waals surface area (Å²) in [5.41, 5.74) is 0. The summed E-state index contributed by atoms with van der Waals surface area (Å²) < 4.78 is 0. The van der Waals surface area contributed by atoms with Crippen LogP contribution in [0.4, 0.5) is 0 Å². The summed E-state index contributed by atoms with van der Waals surface area (Å²) in [5, 5.41) is 10.3. The van der Waals surface area contributed by atoms with Crippen molar-refractivity contribution >= 4 is 0 Å². The van der Waals surface area contributed by atoms with Crippen molar-refractivity contribution in [2.24, 2.45) is 11.8 Å². The highest BCUT2D eigenvalue weighted by molar-refractivity contribution is 4.96. The van der Waals surface area contributed by atoms with Gasteiger partial charge >= 0.3 is 0 Å². The molecule has 2 saturated carbocycles. The lowest BCUT2D eigenvalue weighted by Gasteiger charge is -2.47. The maximum absolute atomic E-state index is 10.3. The fourth-order valence-corrected chi connectivity index (χ4v) is 4.17. The molecule has 1 N–H and O–H groups in total. The number of rotatable bonds is 1. The van der Waals surface area contributed by atoms with Crippen molar-refractivity contribution in [2.75, 3.05) is 13.1 Å².